The summed E-state index contributed by atoms with van der Waals surface area (Å²) in [7, 11) is 0. The van der Waals surface area contributed by atoms with Gasteiger partial charge >= 0.3 is 0 Å². The fraction of sp³-hybridized carbons (Fsp3) is 0. The van der Waals surface area contributed by atoms with E-state index < -0.39 is 5.24 Å². The van der Waals surface area contributed by atoms with Gasteiger partial charge in [-0.05, 0) is 96.1 Å². The Morgan fingerprint density at radius 1 is 0.667 bits per heavy atom. The van der Waals surface area contributed by atoms with Gasteiger partial charge in [-0.15, -0.1) is 0 Å². The van der Waals surface area contributed by atoms with E-state index in [0.29, 0.717) is 5.56 Å². The largest absolute Gasteiger partial charge is 0.355 e. The zero-order valence-electron chi connectivity index (χ0n) is 17.3. The van der Waals surface area contributed by atoms with Crippen LogP contribution in [-0.4, -0.2) is 25.2 Å². The Balaban J connectivity index is 1.59. The summed E-state index contributed by atoms with van der Waals surface area (Å²) in [5, 5.41) is -0.471. The highest BCUT2D eigenvalue weighted by molar-refractivity contribution is 6.67. The van der Waals surface area contributed by atoms with Gasteiger partial charge in [0.05, 0.1) is 22.8 Å². The summed E-state index contributed by atoms with van der Waals surface area (Å²) >= 11 is 5.61. The maximum atomic E-state index is 11.5. The van der Waals surface area contributed by atoms with Crippen molar-refractivity contribution in [1.82, 2.24) is 19.9 Å². The van der Waals surface area contributed by atoms with Gasteiger partial charge in [-0.25, -0.2) is 9.97 Å². The first-order chi connectivity index (χ1) is 16.1. The van der Waals surface area contributed by atoms with Gasteiger partial charge in [-0.3, -0.25) is 4.79 Å². The highest BCUT2D eigenvalue weighted by Gasteiger charge is 2.13. The lowest BCUT2D eigenvalue weighted by Crippen LogP contribution is -1.90. The minimum Gasteiger partial charge on any atom is -0.355 e. The van der Waals surface area contributed by atoms with Crippen molar-refractivity contribution in [3.63, 3.8) is 0 Å². The highest BCUT2D eigenvalue weighted by Crippen LogP contribution is 2.29. The van der Waals surface area contributed by atoms with Crippen LogP contribution in [0.1, 0.15) is 38.7 Å². The molecule has 6 rings (SSSR count). The van der Waals surface area contributed by atoms with Crippen molar-refractivity contribution in [2.45, 2.75) is 0 Å². The van der Waals surface area contributed by atoms with Gasteiger partial charge in [0.1, 0.15) is 0 Å². The molecule has 0 unspecified atom stereocenters. The molecule has 0 saturated carbocycles. The first kappa shape index (κ1) is 19.5. The molecule has 0 saturated heterocycles. The van der Waals surface area contributed by atoms with E-state index >= 15 is 0 Å². The Morgan fingerprint density at radius 3 is 1.79 bits per heavy atom. The predicted molar refractivity (Wildman–Crippen MR) is 134 cm³/mol. The summed E-state index contributed by atoms with van der Waals surface area (Å²) in [6.07, 6.45) is 6.05. The monoisotopic (exact) mass is 448 g/mol. The number of nitrogens with zero attached hydrogens (tertiary/aromatic N) is 2. The molecule has 0 amide bonds. The predicted octanol–water partition coefficient (Wildman–Crippen LogP) is 6.45. The van der Waals surface area contributed by atoms with Crippen LogP contribution in [0.2, 0.25) is 0 Å². The molecule has 0 atom stereocenters. The number of rotatable bonds is 2. The molecule has 2 aliphatic heterocycles. The zero-order valence-corrected chi connectivity index (χ0v) is 18.1. The molecule has 0 radical (unpaired) electrons. The third kappa shape index (κ3) is 3.90. The van der Waals surface area contributed by atoms with E-state index in [4.69, 9.17) is 16.6 Å². The Morgan fingerprint density at radius 2 is 1.21 bits per heavy atom. The van der Waals surface area contributed by atoms with Crippen molar-refractivity contribution in [1.29, 1.82) is 0 Å². The van der Waals surface area contributed by atoms with Crippen molar-refractivity contribution >= 4 is 62.7 Å². The van der Waals surface area contributed by atoms with E-state index in [1.807, 2.05) is 78.9 Å². The van der Waals surface area contributed by atoms with E-state index in [9.17, 15) is 4.79 Å². The third-order valence-corrected chi connectivity index (χ3v) is 5.81. The molecule has 2 aliphatic rings. The molecule has 6 heteroatoms. The number of benzene rings is 1. The second-order valence-electron chi connectivity index (χ2n) is 7.94. The van der Waals surface area contributed by atoms with Crippen LogP contribution in [0.15, 0.2) is 72.8 Å². The average molecular weight is 449 g/mol. The fourth-order valence-corrected chi connectivity index (χ4v) is 4.15. The molecule has 4 aromatic rings. The van der Waals surface area contributed by atoms with E-state index in [-0.39, 0.29) is 0 Å². The lowest BCUT2D eigenvalue weighted by Gasteiger charge is -2.03. The van der Waals surface area contributed by atoms with E-state index in [1.165, 1.54) is 0 Å². The standard InChI is InChI=1S/C27H17ClN4O/c28-27(33)17-3-1-16(2-4-17)25-14-24-13-22-8-7-20(30-22)11-18-5-6-19(29-18)12-21-9-10-23(31-21)15-26(25)32-24/h1-15,30-31H. The van der Waals surface area contributed by atoms with E-state index in [0.717, 1.165) is 56.0 Å². The van der Waals surface area contributed by atoms with Gasteiger partial charge in [0.25, 0.3) is 5.24 Å². The average Bonchev–Trinajstić information content (AvgIpc) is 3.59. The molecule has 0 spiro atoms. The number of aromatic amines is 2. The van der Waals surface area contributed by atoms with Crippen molar-refractivity contribution in [2.75, 3.05) is 0 Å². The van der Waals surface area contributed by atoms with Gasteiger partial charge in [-0.2, -0.15) is 0 Å². The Labute approximate surface area is 194 Å². The van der Waals surface area contributed by atoms with Gasteiger partial charge in [0, 0.05) is 33.2 Å². The van der Waals surface area contributed by atoms with Crippen LogP contribution in [0, 0.1) is 0 Å². The molecule has 33 heavy (non-hydrogen) atoms. The number of halogens is 1. The summed E-state index contributed by atoms with van der Waals surface area (Å²) in [5.74, 6) is 0. The SMILES string of the molecule is O=C(Cl)c1ccc(C2=Cc3cc4ccc(cc5nc(cc6ccc(cc2n3)[nH]6)C=C5)[nH]4)cc1. The fourth-order valence-electron chi connectivity index (χ4n) is 4.03. The van der Waals surface area contributed by atoms with Gasteiger partial charge in [0.15, 0.2) is 0 Å². The molecule has 158 valence electrons. The number of hydrogen-bond donors (Lipinski definition) is 2. The normalized spacial score (nSPS) is 12.6. The Bertz CT molecular complexity index is 1640. The molecule has 1 aromatic carbocycles. The number of H-pyrrole nitrogens is 2. The van der Waals surface area contributed by atoms with Crippen LogP contribution in [-0.2, 0) is 0 Å². The van der Waals surface area contributed by atoms with Gasteiger partial charge in [0.2, 0.25) is 0 Å². The van der Waals surface area contributed by atoms with Crippen LogP contribution >= 0.6 is 11.6 Å². The minimum atomic E-state index is -0.471. The van der Waals surface area contributed by atoms with Crippen molar-refractivity contribution in [2.24, 2.45) is 0 Å². The quantitative estimate of drug-likeness (QED) is 0.299. The maximum absolute atomic E-state index is 11.5. The Hall–Kier alpha value is -4.22. The first-order valence-electron chi connectivity index (χ1n) is 10.5. The topological polar surface area (TPSA) is 74.4 Å². The number of nitrogens with one attached hydrogen (secondary N) is 2. The van der Waals surface area contributed by atoms with Crippen molar-refractivity contribution < 1.29 is 4.79 Å². The zero-order chi connectivity index (χ0) is 22.4. The molecule has 2 N–H and O–H groups in total. The first-order valence-corrected chi connectivity index (χ1v) is 10.9. The molecule has 5 heterocycles. The number of fused-ring (bicyclic) bond motifs is 8. The van der Waals surface area contributed by atoms with E-state index in [2.05, 4.69) is 15.0 Å². The molecule has 5 nitrogen and oxygen atoms in total. The maximum Gasteiger partial charge on any atom is 0.252 e. The molecule has 3 aromatic heterocycles. The lowest BCUT2D eigenvalue weighted by atomic mass is 10.0. The molecular formula is C27H17ClN4O. The van der Waals surface area contributed by atoms with Crippen LogP contribution in [0.5, 0.6) is 0 Å². The number of hydrogen-bond acceptors (Lipinski definition) is 3. The van der Waals surface area contributed by atoms with Gasteiger partial charge < -0.3 is 9.97 Å². The van der Waals surface area contributed by atoms with Crippen LogP contribution < -0.4 is 0 Å². The van der Waals surface area contributed by atoms with Crippen LogP contribution in [0.3, 0.4) is 0 Å². The Kier molecular flexibility index (Phi) is 4.56. The number of carbonyl (C=O) groups excluding carboxylic acids is 1. The van der Waals surface area contributed by atoms with Crippen LogP contribution in [0.4, 0.5) is 0 Å². The summed E-state index contributed by atoms with van der Waals surface area (Å²) in [4.78, 5) is 27.8. The molecular weight excluding hydrogens is 432 g/mol. The number of aromatic nitrogens is 4. The minimum absolute atomic E-state index is 0.464. The highest BCUT2D eigenvalue weighted by atomic mass is 35.5. The summed E-state index contributed by atoms with van der Waals surface area (Å²) < 4.78 is 0. The van der Waals surface area contributed by atoms with Crippen molar-refractivity contribution in [3.8, 4) is 0 Å². The summed E-state index contributed by atoms with van der Waals surface area (Å²) in [6.45, 7) is 0. The van der Waals surface area contributed by atoms with Gasteiger partial charge in [-0.1, -0.05) is 12.1 Å². The van der Waals surface area contributed by atoms with E-state index in [1.54, 1.807) is 12.1 Å². The molecule has 0 aliphatic carbocycles. The second-order valence-corrected chi connectivity index (χ2v) is 8.28. The summed E-state index contributed by atoms with van der Waals surface area (Å²) in [6, 6.07) is 23.4. The third-order valence-electron chi connectivity index (χ3n) is 5.59. The molecule has 8 bridgehead atoms. The van der Waals surface area contributed by atoms with Crippen molar-refractivity contribution in [3.05, 3.63) is 107 Å². The molecule has 0 fully saturated rings. The summed E-state index contributed by atoms with van der Waals surface area (Å²) in [5.41, 5.74) is 9.68. The lowest BCUT2D eigenvalue weighted by molar-refractivity contribution is 0.108. The number of carbonyl (C=O) groups is 1. The van der Waals surface area contributed by atoms with Crippen LogP contribution in [0.25, 0.3) is 45.9 Å². The smallest absolute Gasteiger partial charge is 0.252 e. The second kappa shape index (κ2) is 7.73.